The number of benzene rings is 2. The number of nitrogens with zero attached hydrogens (tertiary/aromatic N) is 1. The summed E-state index contributed by atoms with van der Waals surface area (Å²) in [7, 11) is 0. The summed E-state index contributed by atoms with van der Waals surface area (Å²) in [6.07, 6.45) is -0.151. The minimum absolute atomic E-state index is 0.0720. The van der Waals surface area contributed by atoms with E-state index in [4.69, 9.17) is 4.74 Å². The summed E-state index contributed by atoms with van der Waals surface area (Å²) in [5.74, 6) is 0.0720. The lowest BCUT2D eigenvalue weighted by Crippen LogP contribution is -2.61. The number of ether oxygens (including phenoxy) is 1. The van der Waals surface area contributed by atoms with Crippen molar-refractivity contribution in [2.45, 2.75) is 24.8 Å². The van der Waals surface area contributed by atoms with Crippen LogP contribution in [-0.4, -0.2) is 24.6 Å². The number of carbonyl (C=O) groups is 1. The Hall–Kier alpha value is -2.17. The Bertz CT molecular complexity index is 689. The van der Waals surface area contributed by atoms with Gasteiger partial charge in [0.25, 0.3) is 0 Å². The average Bonchev–Trinajstić information content (AvgIpc) is 2.87. The molecule has 0 aromatic heterocycles. The van der Waals surface area contributed by atoms with E-state index in [9.17, 15) is 4.79 Å². The minimum atomic E-state index is -0.630. The van der Waals surface area contributed by atoms with Gasteiger partial charge in [0.05, 0.1) is 12.6 Å². The maximum absolute atomic E-state index is 12.8. The van der Waals surface area contributed by atoms with E-state index in [0.717, 1.165) is 11.3 Å². The molecule has 1 N–H and O–H groups in total. The SMILES string of the molecule is CC1OC2(c3ccccc3)CN(c3ccccc3)C(=O)C1N2. The molecule has 3 unspecified atom stereocenters. The van der Waals surface area contributed by atoms with Crippen LogP contribution in [0.1, 0.15) is 12.5 Å². The minimum Gasteiger partial charge on any atom is -0.349 e. The van der Waals surface area contributed by atoms with Crippen LogP contribution in [0.3, 0.4) is 0 Å². The molecule has 2 bridgehead atoms. The monoisotopic (exact) mass is 294 g/mol. The van der Waals surface area contributed by atoms with Crippen molar-refractivity contribution in [1.82, 2.24) is 5.32 Å². The standard InChI is InChI=1S/C18H18N2O2/c1-13-16-17(21)20(15-10-6-3-7-11-15)12-18(19-16,22-13)14-8-4-2-5-9-14/h2-11,13,16,19H,12H2,1H3. The van der Waals surface area contributed by atoms with Gasteiger partial charge in [-0.25, -0.2) is 0 Å². The molecule has 0 radical (unpaired) electrons. The van der Waals surface area contributed by atoms with E-state index in [-0.39, 0.29) is 18.1 Å². The van der Waals surface area contributed by atoms with Crippen LogP contribution in [0.2, 0.25) is 0 Å². The molecule has 2 aliphatic rings. The van der Waals surface area contributed by atoms with Crippen LogP contribution >= 0.6 is 0 Å². The van der Waals surface area contributed by atoms with Gasteiger partial charge in [0.15, 0.2) is 5.72 Å². The Morgan fingerprint density at radius 1 is 1.09 bits per heavy atom. The summed E-state index contributed by atoms with van der Waals surface area (Å²) < 4.78 is 6.21. The molecule has 2 aromatic carbocycles. The zero-order valence-corrected chi connectivity index (χ0v) is 12.4. The number of para-hydroxylation sites is 1. The Morgan fingerprint density at radius 2 is 1.73 bits per heavy atom. The number of carbonyl (C=O) groups excluding carboxylic acids is 1. The van der Waals surface area contributed by atoms with E-state index in [1.165, 1.54) is 0 Å². The highest BCUT2D eigenvalue weighted by Crippen LogP contribution is 2.38. The number of piperazine rings is 1. The van der Waals surface area contributed by atoms with Crippen molar-refractivity contribution in [3.63, 3.8) is 0 Å². The van der Waals surface area contributed by atoms with Crippen LogP contribution in [0, 0.1) is 0 Å². The number of fused-ring (bicyclic) bond motifs is 2. The lowest BCUT2D eigenvalue weighted by molar-refractivity contribution is -0.122. The Balaban J connectivity index is 1.77. The van der Waals surface area contributed by atoms with Gasteiger partial charge in [0.2, 0.25) is 5.91 Å². The number of amides is 1. The second kappa shape index (κ2) is 4.93. The number of rotatable bonds is 2. The van der Waals surface area contributed by atoms with Crippen LogP contribution in [0.5, 0.6) is 0 Å². The van der Waals surface area contributed by atoms with E-state index >= 15 is 0 Å². The number of anilines is 1. The van der Waals surface area contributed by atoms with Crippen molar-refractivity contribution >= 4 is 11.6 Å². The fourth-order valence-corrected chi connectivity index (χ4v) is 3.38. The molecule has 2 aromatic rings. The molecule has 0 spiro atoms. The van der Waals surface area contributed by atoms with Crippen LogP contribution in [0.15, 0.2) is 60.7 Å². The fourth-order valence-electron chi connectivity index (χ4n) is 3.38. The van der Waals surface area contributed by atoms with E-state index in [2.05, 4.69) is 5.32 Å². The quantitative estimate of drug-likeness (QED) is 0.924. The summed E-state index contributed by atoms with van der Waals surface area (Å²) in [5, 5.41) is 3.41. The first-order chi connectivity index (χ1) is 10.7. The van der Waals surface area contributed by atoms with Crippen molar-refractivity contribution in [1.29, 1.82) is 0 Å². The van der Waals surface area contributed by atoms with Crippen molar-refractivity contribution in [2.24, 2.45) is 0 Å². The predicted molar refractivity (Wildman–Crippen MR) is 84.4 cm³/mol. The fraction of sp³-hybridized carbons (Fsp3) is 0.278. The largest absolute Gasteiger partial charge is 0.349 e. The van der Waals surface area contributed by atoms with E-state index in [0.29, 0.717) is 6.54 Å². The number of hydrogen-bond donors (Lipinski definition) is 1. The molecule has 0 saturated carbocycles. The molecule has 4 nitrogen and oxygen atoms in total. The lowest BCUT2D eigenvalue weighted by atomic mass is 9.98. The maximum atomic E-state index is 12.8. The molecule has 2 fully saturated rings. The van der Waals surface area contributed by atoms with Gasteiger partial charge >= 0.3 is 0 Å². The van der Waals surface area contributed by atoms with E-state index in [1.54, 1.807) is 0 Å². The molecular weight excluding hydrogens is 276 g/mol. The first-order valence-corrected chi connectivity index (χ1v) is 7.57. The van der Waals surface area contributed by atoms with Crippen LogP contribution in [0.25, 0.3) is 0 Å². The van der Waals surface area contributed by atoms with Gasteiger partial charge in [-0.2, -0.15) is 0 Å². The molecule has 4 heteroatoms. The third-order valence-electron chi connectivity index (χ3n) is 4.47. The van der Waals surface area contributed by atoms with Crippen LogP contribution in [-0.2, 0) is 15.3 Å². The van der Waals surface area contributed by atoms with Gasteiger partial charge in [-0.15, -0.1) is 0 Å². The van der Waals surface area contributed by atoms with Crippen LogP contribution in [0.4, 0.5) is 5.69 Å². The molecule has 4 rings (SSSR count). The molecule has 22 heavy (non-hydrogen) atoms. The second-order valence-corrected chi connectivity index (χ2v) is 5.90. The summed E-state index contributed by atoms with van der Waals surface area (Å²) in [6.45, 7) is 2.43. The zero-order chi connectivity index (χ0) is 15.2. The molecule has 2 saturated heterocycles. The second-order valence-electron chi connectivity index (χ2n) is 5.90. The van der Waals surface area contributed by atoms with Gasteiger partial charge in [-0.05, 0) is 19.1 Å². The van der Waals surface area contributed by atoms with Gasteiger partial charge in [-0.3, -0.25) is 10.1 Å². The van der Waals surface area contributed by atoms with Gasteiger partial charge < -0.3 is 9.64 Å². The van der Waals surface area contributed by atoms with Crippen molar-refractivity contribution in [3.8, 4) is 0 Å². The topological polar surface area (TPSA) is 41.6 Å². The van der Waals surface area contributed by atoms with Gasteiger partial charge in [0, 0.05) is 11.3 Å². The molecule has 2 heterocycles. The molecule has 0 aliphatic carbocycles. The van der Waals surface area contributed by atoms with Crippen LogP contribution < -0.4 is 10.2 Å². The number of hydrogen-bond acceptors (Lipinski definition) is 3. The highest BCUT2D eigenvalue weighted by atomic mass is 16.5. The van der Waals surface area contributed by atoms with E-state index < -0.39 is 5.72 Å². The highest BCUT2D eigenvalue weighted by molar-refractivity contribution is 5.99. The zero-order valence-electron chi connectivity index (χ0n) is 12.4. The Morgan fingerprint density at radius 3 is 2.41 bits per heavy atom. The number of nitrogens with one attached hydrogen (secondary N) is 1. The summed E-state index contributed by atoms with van der Waals surface area (Å²) in [5.41, 5.74) is 1.34. The average molecular weight is 294 g/mol. The molecule has 3 atom stereocenters. The Kier molecular flexibility index (Phi) is 3.03. The van der Waals surface area contributed by atoms with Crippen molar-refractivity contribution in [3.05, 3.63) is 66.2 Å². The third-order valence-corrected chi connectivity index (χ3v) is 4.47. The Labute approximate surface area is 129 Å². The smallest absolute Gasteiger partial charge is 0.247 e. The van der Waals surface area contributed by atoms with Gasteiger partial charge in [0.1, 0.15) is 6.04 Å². The predicted octanol–water partition coefficient (Wildman–Crippen LogP) is 2.26. The van der Waals surface area contributed by atoms with Crippen molar-refractivity contribution in [2.75, 3.05) is 11.4 Å². The summed E-state index contributed by atoms with van der Waals surface area (Å²) in [4.78, 5) is 14.6. The summed E-state index contributed by atoms with van der Waals surface area (Å²) in [6, 6.07) is 19.5. The molecule has 1 amide bonds. The molecule has 112 valence electrons. The lowest BCUT2D eigenvalue weighted by Gasteiger charge is -2.39. The maximum Gasteiger partial charge on any atom is 0.247 e. The summed E-state index contributed by atoms with van der Waals surface area (Å²) >= 11 is 0. The molecule has 2 aliphatic heterocycles. The van der Waals surface area contributed by atoms with Crippen molar-refractivity contribution < 1.29 is 9.53 Å². The van der Waals surface area contributed by atoms with Gasteiger partial charge in [-0.1, -0.05) is 48.5 Å². The van der Waals surface area contributed by atoms with E-state index in [1.807, 2.05) is 72.5 Å². The normalized spacial score (nSPS) is 30.6. The third kappa shape index (κ3) is 1.95. The highest BCUT2D eigenvalue weighted by Gasteiger charge is 2.54. The first-order valence-electron chi connectivity index (χ1n) is 7.57. The first kappa shape index (κ1) is 13.5. The molecular formula is C18H18N2O2.